The van der Waals surface area contributed by atoms with Gasteiger partial charge in [0.2, 0.25) is 0 Å². The molecule has 1 aromatic carbocycles. The molecule has 1 fully saturated rings. The van der Waals surface area contributed by atoms with Gasteiger partial charge in [-0.2, -0.15) is 0 Å². The number of carbonyl (C=O) groups excluding carboxylic acids is 1. The first-order valence-corrected chi connectivity index (χ1v) is 8.64. The molecule has 0 radical (unpaired) electrons. The number of rotatable bonds is 2. The molecule has 5 nitrogen and oxygen atoms in total. The summed E-state index contributed by atoms with van der Waals surface area (Å²) in [5.74, 6) is 0.781. The quantitative estimate of drug-likeness (QED) is 0.912. The van der Waals surface area contributed by atoms with E-state index in [0.29, 0.717) is 24.9 Å². The van der Waals surface area contributed by atoms with Gasteiger partial charge in [0.05, 0.1) is 4.90 Å². The summed E-state index contributed by atoms with van der Waals surface area (Å²) < 4.78 is 26.6. The summed E-state index contributed by atoms with van der Waals surface area (Å²) in [5, 5.41) is 0. The molecule has 21 heavy (non-hydrogen) atoms. The zero-order chi connectivity index (χ0) is 15.6. The molecule has 0 bridgehead atoms. The Kier molecular flexibility index (Phi) is 4.56. The number of hydrogen-bond donors (Lipinski definition) is 1. The molecule has 2 atom stereocenters. The number of likely N-dealkylation sites (tertiary alicyclic amines) is 1. The van der Waals surface area contributed by atoms with Crippen LogP contribution < -0.4 is 4.72 Å². The Labute approximate surface area is 126 Å². The molecule has 1 aliphatic heterocycles. The fourth-order valence-corrected chi connectivity index (χ4v) is 3.76. The van der Waals surface area contributed by atoms with E-state index in [1.165, 1.54) is 12.1 Å². The van der Waals surface area contributed by atoms with Crippen molar-refractivity contribution in [3.05, 3.63) is 29.8 Å². The fourth-order valence-electron chi connectivity index (χ4n) is 2.78. The van der Waals surface area contributed by atoms with Gasteiger partial charge >= 0.3 is 6.03 Å². The highest BCUT2D eigenvalue weighted by molar-refractivity contribution is 7.90. The fraction of sp³-hybridized carbons (Fsp3) is 0.533. The average Bonchev–Trinajstić information content (AvgIpc) is 2.37. The lowest BCUT2D eigenvalue weighted by Crippen LogP contribution is -2.48. The zero-order valence-electron chi connectivity index (χ0n) is 12.7. The number of urea groups is 1. The first kappa shape index (κ1) is 15.8. The molecule has 0 aromatic heterocycles. The normalized spacial score (nSPS) is 22.9. The van der Waals surface area contributed by atoms with Gasteiger partial charge in [-0.3, -0.25) is 0 Å². The second-order valence-electron chi connectivity index (χ2n) is 6.07. The predicted octanol–water partition coefficient (Wildman–Crippen LogP) is 2.37. The highest BCUT2D eigenvalue weighted by atomic mass is 32.2. The van der Waals surface area contributed by atoms with E-state index >= 15 is 0 Å². The molecule has 1 saturated heterocycles. The number of nitrogens with zero attached hydrogens (tertiary/aromatic N) is 1. The summed E-state index contributed by atoms with van der Waals surface area (Å²) in [5.41, 5.74) is 0.971. The Morgan fingerprint density at radius 1 is 1.14 bits per heavy atom. The van der Waals surface area contributed by atoms with Crippen LogP contribution in [0.3, 0.4) is 0 Å². The number of aryl methyl sites for hydroxylation is 1. The molecule has 2 rings (SSSR count). The van der Waals surface area contributed by atoms with Gasteiger partial charge in [0.25, 0.3) is 10.0 Å². The highest BCUT2D eigenvalue weighted by Crippen LogP contribution is 2.21. The van der Waals surface area contributed by atoms with Crippen molar-refractivity contribution in [2.45, 2.75) is 32.1 Å². The summed E-state index contributed by atoms with van der Waals surface area (Å²) >= 11 is 0. The first-order valence-electron chi connectivity index (χ1n) is 7.16. The molecule has 1 N–H and O–H groups in total. The third-order valence-electron chi connectivity index (χ3n) is 3.71. The van der Waals surface area contributed by atoms with Crippen LogP contribution >= 0.6 is 0 Å². The Balaban J connectivity index is 2.09. The average molecular weight is 310 g/mol. The van der Waals surface area contributed by atoms with Crippen molar-refractivity contribution in [3.8, 4) is 0 Å². The minimum absolute atomic E-state index is 0.111. The maximum absolute atomic E-state index is 12.2. The van der Waals surface area contributed by atoms with Crippen LogP contribution in [0.25, 0.3) is 0 Å². The molecule has 116 valence electrons. The van der Waals surface area contributed by atoms with Crippen LogP contribution in [0.5, 0.6) is 0 Å². The molecule has 0 spiro atoms. The molecular weight excluding hydrogens is 288 g/mol. The lowest BCUT2D eigenvalue weighted by molar-refractivity contribution is 0.150. The summed E-state index contributed by atoms with van der Waals surface area (Å²) in [7, 11) is -3.80. The van der Waals surface area contributed by atoms with Gasteiger partial charge in [-0.1, -0.05) is 31.5 Å². The summed E-state index contributed by atoms with van der Waals surface area (Å²) in [6.07, 6.45) is 1.06. The van der Waals surface area contributed by atoms with Crippen molar-refractivity contribution < 1.29 is 13.2 Å². The first-order chi connectivity index (χ1) is 9.78. The zero-order valence-corrected chi connectivity index (χ0v) is 13.5. The second kappa shape index (κ2) is 6.05. The van der Waals surface area contributed by atoms with Gasteiger partial charge in [-0.25, -0.2) is 17.9 Å². The lowest BCUT2D eigenvalue weighted by atomic mass is 9.92. The Bertz CT molecular complexity index is 600. The van der Waals surface area contributed by atoms with Crippen LogP contribution in [0.2, 0.25) is 0 Å². The lowest BCUT2D eigenvalue weighted by Gasteiger charge is -2.34. The van der Waals surface area contributed by atoms with Crippen molar-refractivity contribution in [2.75, 3.05) is 13.1 Å². The van der Waals surface area contributed by atoms with E-state index in [9.17, 15) is 13.2 Å². The standard InChI is InChI=1S/C15H22N2O3S/c1-11-4-6-14(7-5-11)21(19,20)16-15(18)17-9-12(2)8-13(3)10-17/h4-7,12-13H,8-10H2,1-3H3,(H,16,18)/t12-,13+. The van der Waals surface area contributed by atoms with Gasteiger partial charge in [0.1, 0.15) is 0 Å². The van der Waals surface area contributed by atoms with Crippen molar-refractivity contribution in [3.63, 3.8) is 0 Å². The van der Waals surface area contributed by atoms with Crippen LogP contribution in [0.4, 0.5) is 4.79 Å². The number of hydrogen-bond acceptors (Lipinski definition) is 3. The van der Waals surface area contributed by atoms with Crippen LogP contribution in [-0.2, 0) is 10.0 Å². The van der Waals surface area contributed by atoms with E-state index in [0.717, 1.165) is 12.0 Å². The number of amides is 2. The molecule has 0 saturated carbocycles. The third kappa shape index (κ3) is 3.97. The molecule has 2 amide bonds. The summed E-state index contributed by atoms with van der Waals surface area (Å²) in [4.78, 5) is 13.9. The van der Waals surface area contributed by atoms with E-state index < -0.39 is 16.1 Å². The van der Waals surface area contributed by atoms with E-state index in [1.54, 1.807) is 17.0 Å². The molecule has 1 heterocycles. The van der Waals surface area contributed by atoms with Crippen LogP contribution in [0.1, 0.15) is 25.8 Å². The van der Waals surface area contributed by atoms with E-state index in [4.69, 9.17) is 0 Å². The maximum atomic E-state index is 12.2. The Hall–Kier alpha value is -1.56. The molecule has 0 unspecified atom stereocenters. The number of carbonyl (C=O) groups is 1. The monoisotopic (exact) mass is 310 g/mol. The van der Waals surface area contributed by atoms with Crippen molar-refractivity contribution >= 4 is 16.1 Å². The highest BCUT2D eigenvalue weighted by Gasteiger charge is 2.28. The summed E-state index contributed by atoms with van der Waals surface area (Å²) in [6, 6.07) is 5.90. The Morgan fingerprint density at radius 3 is 2.19 bits per heavy atom. The SMILES string of the molecule is Cc1ccc(S(=O)(=O)NC(=O)N2C[C@H](C)C[C@H](C)C2)cc1. The van der Waals surface area contributed by atoms with Crippen molar-refractivity contribution in [1.29, 1.82) is 0 Å². The van der Waals surface area contributed by atoms with E-state index in [2.05, 4.69) is 18.6 Å². The third-order valence-corrected chi connectivity index (χ3v) is 5.05. The maximum Gasteiger partial charge on any atom is 0.331 e. The van der Waals surface area contributed by atoms with Gasteiger partial charge in [-0.15, -0.1) is 0 Å². The van der Waals surface area contributed by atoms with Gasteiger partial charge < -0.3 is 4.90 Å². The number of nitrogens with one attached hydrogen (secondary N) is 1. The van der Waals surface area contributed by atoms with Crippen LogP contribution in [0, 0.1) is 18.8 Å². The summed E-state index contributed by atoms with van der Waals surface area (Å²) in [6.45, 7) is 7.22. The molecular formula is C15H22N2O3S. The number of sulfonamides is 1. The van der Waals surface area contributed by atoms with Crippen LogP contribution in [0.15, 0.2) is 29.2 Å². The topological polar surface area (TPSA) is 66.5 Å². The van der Waals surface area contributed by atoms with E-state index in [-0.39, 0.29) is 4.90 Å². The van der Waals surface area contributed by atoms with Gasteiger partial charge in [-0.05, 0) is 37.3 Å². The van der Waals surface area contributed by atoms with Crippen LogP contribution in [-0.4, -0.2) is 32.4 Å². The van der Waals surface area contributed by atoms with Gasteiger partial charge in [0.15, 0.2) is 0 Å². The minimum atomic E-state index is -3.80. The number of benzene rings is 1. The minimum Gasteiger partial charge on any atom is -0.323 e. The van der Waals surface area contributed by atoms with Crippen molar-refractivity contribution in [1.82, 2.24) is 9.62 Å². The van der Waals surface area contributed by atoms with Gasteiger partial charge in [0, 0.05) is 13.1 Å². The molecule has 1 aliphatic rings. The van der Waals surface area contributed by atoms with E-state index in [1.807, 2.05) is 6.92 Å². The number of piperidine rings is 1. The molecule has 6 heteroatoms. The second-order valence-corrected chi connectivity index (χ2v) is 7.76. The predicted molar refractivity (Wildman–Crippen MR) is 81.4 cm³/mol. The molecule has 1 aromatic rings. The largest absolute Gasteiger partial charge is 0.331 e. The smallest absolute Gasteiger partial charge is 0.323 e. The molecule has 0 aliphatic carbocycles. The van der Waals surface area contributed by atoms with Crippen molar-refractivity contribution in [2.24, 2.45) is 11.8 Å². The Morgan fingerprint density at radius 2 is 1.67 bits per heavy atom.